The smallest absolute Gasteiger partial charge is 0.380 e. The minimum absolute atomic E-state index is 0.0437. The van der Waals surface area contributed by atoms with Crippen molar-refractivity contribution in [3.63, 3.8) is 0 Å². The van der Waals surface area contributed by atoms with Gasteiger partial charge in [0.2, 0.25) is 0 Å². The third-order valence-electron chi connectivity index (χ3n) is 2.79. The minimum atomic E-state index is -4.21. The molecular weight excluding hydrogens is 209 g/mol. The SMILES string of the molecule is CN(C1CCOC1)C(CCN)C(F)(F)F. The van der Waals surface area contributed by atoms with E-state index in [0.717, 1.165) is 0 Å². The molecule has 1 rings (SSSR count). The van der Waals surface area contributed by atoms with Gasteiger partial charge in [-0.15, -0.1) is 0 Å². The molecule has 0 aromatic rings. The van der Waals surface area contributed by atoms with Crippen molar-refractivity contribution in [2.75, 3.05) is 26.8 Å². The number of ether oxygens (including phenoxy) is 1. The second-order valence-electron chi connectivity index (χ2n) is 3.82. The first-order valence-corrected chi connectivity index (χ1v) is 5.03. The van der Waals surface area contributed by atoms with E-state index in [2.05, 4.69) is 0 Å². The molecule has 2 unspecified atom stereocenters. The summed E-state index contributed by atoms with van der Waals surface area (Å²) in [5, 5.41) is 0. The van der Waals surface area contributed by atoms with E-state index in [4.69, 9.17) is 10.5 Å². The lowest BCUT2D eigenvalue weighted by Gasteiger charge is -2.33. The lowest BCUT2D eigenvalue weighted by molar-refractivity contribution is -0.186. The van der Waals surface area contributed by atoms with Crippen LogP contribution in [0.3, 0.4) is 0 Å². The molecule has 0 aromatic heterocycles. The first-order chi connectivity index (χ1) is 6.96. The maximum Gasteiger partial charge on any atom is 0.404 e. The lowest BCUT2D eigenvalue weighted by Crippen LogP contribution is -2.49. The second kappa shape index (κ2) is 5.14. The van der Waals surface area contributed by atoms with Gasteiger partial charge in [0.05, 0.1) is 6.61 Å². The highest BCUT2D eigenvalue weighted by atomic mass is 19.4. The molecule has 1 fully saturated rings. The van der Waals surface area contributed by atoms with Crippen molar-refractivity contribution < 1.29 is 17.9 Å². The molecule has 0 saturated carbocycles. The van der Waals surface area contributed by atoms with Crippen LogP contribution >= 0.6 is 0 Å². The molecule has 0 aromatic carbocycles. The Kier molecular flexibility index (Phi) is 4.36. The monoisotopic (exact) mass is 226 g/mol. The van der Waals surface area contributed by atoms with Gasteiger partial charge in [-0.1, -0.05) is 0 Å². The van der Waals surface area contributed by atoms with Gasteiger partial charge < -0.3 is 10.5 Å². The van der Waals surface area contributed by atoms with Crippen LogP contribution in [0.15, 0.2) is 0 Å². The Bertz CT molecular complexity index is 192. The van der Waals surface area contributed by atoms with Gasteiger partial charge in [-0.25, -0.2) is 0 Å². The van der Waals surface area contributed by atoms with Crippen molar-refractivity contribution in [3.8, 4) is 0 Å². The Labute approximate surface area is 87.4 Å². The van der Waals surface area contributed by atoms with Crippen molar-refractivity contribution in [1.29, 1.82) is 0 Å². The first-order valence-electron chi connectivity index (χ1n) is 5.03. The molecule has 2 N–H and O–H groups in total. The fraction of sp³-hybridized carbons (Fsp3) is 1.00. The summed E-state index contributed by atoms with van der Waals surface area (Å²) in [5.74, 6) is 0. The number of alkyl halides is 3. The Morgan fingerprint density at radius 1 is 1.53 bits per heavy atom. The Hall–Kier alpha value is -0.330. The van der Waals surface area contributed by atoms with Gasteiger partial charge in [-0.2, -0.15) is 13.2 Å². The zero-order valence-electron chi connectivity index (χ0n) is 8.76. The van der Waals surface area contributed by atoms with Crippen LogP contribution in [-0.2, 0) is 4.74 Å². The highest BCUT2D eigenvalue weighted by Crippen LogP contribution is 2.28. The fourth-order valence-corrected chi connectivity index (χ4v) is 1.85. The Morgan fingerprint density at radius 3 is 2.60 bits per heavy atom. The highest BCUT2D eigenvalue weighted by molar-refractivity contribution is 4.84. The summed E-state index contributed by atoms with van der Waals surface area (Å²) in [6, 6.07) is -1.59. The van der Waals surface area contributed by atoms with Gasteiger partial charge in [0, 0.05) is 12.6 Å². The third kappa shape index (κ3) is 3.32. The normalized spacial score (nSPS) is 24.8. The van der Waals surface area contributed by atoms with E-state index in [1.807, 2.05) is 0 Å². The minimum Gasteiger partial charge on any atom is -0.380 e. The zero-order chi connectivity index (χ0) is 11.5. The first kappa shape index (κ1) is 12.7. The van der Waals surface area contributed by atoms with Crippen molar-refractivity contribution in [2.24, 2.45) is 5.73 Å². The van der Waals surface area contributed by atoms with Gasteiger partial charge >= 0.3 is 6.18 Å². The molecule has 0 amide bonds. The summed E-state index contributed by atoms with van der Waals surface area (Å²) in [6.07, 6.45) is -3.61. The molecule has 0 spiro atoms. The zero-order valence-corrected chi connectivity index (χ0v) is 8.76. The van der Waals surface area contributed by atoms with E-state index in [9.17, 15) is 13.2 Å². The van der Waals surface area contributed by atoms with Crippen LogP contribution in [0.25, 0.3) is 0 Å². The van der Waals surface area contributed by atoms with E-state index < -0.39 is 12.2 Å². The van der Waals surface area contributed by atoms with Crippen molar-refractivity contribution in [3.05, 3.63) is 0 Å². The molecule has 0 bridgehead atoms. The van der Waals surface area contributed by atoms with Crippen LogP contribution in [0.1, 0.15) is 12.8 Å². The maximum atomic E-state index is 12.7. The van der Waals surface area contributed by atoms with Crippen LogP contribution in [0.4, 0.5) is 13.2 Å². The Balaban J connectivity index is 2.61. The van der Waals surface area contributed by atoms with Crippen LogP contribution in [0, 0.1) is 0 Å². The summed E-state index contributed by atoms with van der Waals surface area (Å²) in [4.78, 5) is 1.35. The van der Waals surface area contributed by atoms with E-state index >= 15 is 0 Å². The summed E-state index contributed by atoms with van der Waals surface area (Å²) in [7, 11) is 1.49. The topological polar surface area (TPSA) is 38.5 Å². The molecule has 1 aliphatic heterocycles. The molecular formula is C9H17F3N2O. The second-order valence-corrected chi connectivity index (χ2v) is 3.82. The molecule has 15 heavy (non-hydrogen) atoms. The molecule has 3 nitrogen and oxygen atoms in total. The number of hydrogen-bond donors (Lipinski definition) is 1. The quantitative estimate of drug-likeness (QED) is 0.776. The van der Waals surface area contributed by atoms with Gasteiger partial charge in [0.1, 0.15) is 6.04 Å². The van der Waals surface area contributed by atoms with Gasteiger partial charge in [-0.3, -0.25) is 4.90 Å². The standard InChI is InChI=1S/C9H17F3N2O/c1-14(7-3-5-15-6-7)8(2-4-13)9(10,11)12/h7-8H,2-6,13H2,1H3. The van der Waals surface area contributed by atoms with Gasteiger partial charge in [-0.05, 0) is 26.4 Å². The highest BCUT2D eigenvalue weighted by Gasteiger charge is 2.44. The number of halogens is 3. The molecule has 0 radical (unpaired) electrons. The maximum absolute atomic E-state index is 12.7. The lowest BCUT2D eigenvalue weighted by atomic mass is 10.1. The average Bonchev–Trinajstić information content (AvgIpc) is 2.63. The van der Waals surface area contributed by atoms with Crippen molar-refractivity contribution in [1.82, 2.24) is 4.90 Å². The van der Waals surface area contributed by atoms with Gasteiger partial charge in [0.25, 0.3) is 0 Å². The molecule has 0 aliphatic carbocycles. The molecule has 2 atom stereocenters. The van der Waals surface area contributed by atoms with Crippen molar-refractivity contribution in [2.45, 2.75) is 31.1 Å². The summed E-state index contributed by atoms with van der Waals surface area (Å²) >= 11 is 0. The fourth-order valence-electron chi connectivity index (χ4n) is 1.85. The summed E-state index contributed by atoms with van der Waals surface area (Å²) in [5.41, 5.74) is 5.20. The number of nitrogens with two attached hydrogens (primary N) is 1. The van der Waals surface area contributed by atoms with Gasteiger partial charge in [0.15, 0.2) is 0 Å². The number of hydrogen-bond acceptors (Lipinski definition) is 3. The summed E-state index contributed by atoms with van der Waals surface area (Å²) < 4.78 is 43.1. The van der Waals surface area contributed by atoms with E-state index in [1.165, 1.54) is 11.9 Å². The largest absolute Gasteiger partial charge is 0.404 e. The molecule has 1 saturated heterocycles. The predicted molar refractivity (Wildman–Crippen MR) is 50.5 cm³/mol. The van der Waals surface area contributed by atoms with Crippen LogP contribution < -0.4 is 5.73 Å². The van der Waals surface area contributed by atoms with Crippen LogP contribution in [0.5, 0.6) is 0 Å². The molecule has 6 heteroatoms. The molecule has 90 valence electrons. The number of rotatable bonds is 4. The van der Waals surface area contributed by atoms with Crippen LogP contribution in [-0.4, -0.2) is 50.0 Å². The number of likely N-dealkylation sites (N-methyl/N-ethyl adjacent to an activating group) is 1. The van der Waals surface area contributed by atoms with E-state index in [0.29, 0.717) is 19.6 Å². The third-order valence-corrected chi connectivity index (χ3v) is 2.79. The Morgan fingerprint density at radius 2 is 2.20 bits per heavy atom. The molecule has 1 heterocycles. The molecule has 1 aliphatic rings. The van der Waals surface area contributed by atoms with E-state index in [1.54, 1.807) is 0 Å². The predicted octanol–water partition coefficient (Wildman–Crippen LogP) is 0.987. The average molecular weight is 226 g/mol. The van der Waals surface area contributed by atoms with Crippen LogP contribution in [0.2, 0.25) is 0 Å². The summed E-state index contributed by atoms with van der Waals surface area (Å²) in [6.45, 7) is 0.970. The van der Waals surface area contributed by atoms with E-state index in [-0.39, 0.29) is 19.0 Å². The van der Waals surface area contributed by atoms with Crippen molar-refractivity contribution >= 4 is 0 Å². The number of nitrogens with zero attached hydrogens (tertiary/aromatic N) is 1.